The van der Waals surface area contributed by atoms with Crippen molar-refractivity contribution in [2.24, 2.45) is 0 Å². The van der Waals surface area contributed by atoms with Gasteiger partial charge < -0.3 is 5.32 Å². The molecule has 0 saturated heterocycles. The monoisotopic (exact) mass is 303 g/mol. The average molecular weight is 303 g/mol. The van der Waals surface area contributed by atoms with E-state index in [0.29, 0.717) is 4.90 Å². The van der Waals surface area contributed by atoms with E-state index in [1.54, 1.807) is 17.8 Å². The fourth-order valence-electron chi connectivity index (χ4n) is 2.28. The lowest BCUT2D eigenvalue weighted by molar-refractivity contribution is 0.595. The molecule has 2 aromatic rings. The molecule has 0 radical (unpaired) electrons. The second-order valence-corrected chi connectivity index (χ2v) is 6.01. The Kier molecular flexibility index (Phi) is 6.27. The highest BCUT2D eigenvalue weighted by Crippen LogP contribution is 2.27. The normalized spacial score (nSPS) is 12.3. The molecule has 0 amide bonds. The van der Waals surface area contributed by atoms with E-state index < -0.39 is 0 Å². The molecule has 0 aliphatic rings. The van der Waals surface area contributed by atoms with Crippen molar-refractivity contribution in [1.82, 2.24) is 5.32 Å². The van der Waals surface area contributed by atoms with E-state index in [2.05, 4.69) is 43.4 Å². The molecule has 0 aromatic heterocycles. The summed E-state index contributed by atoms with van der Waals surface area (Å²) in [5, 5.41) is 3.50. The first-order valence-electron chi connectivity index (χ1n) is 7.44. The highest BCUT2D eigenvalue weighted by molar-refractivity contribution is 7.99. The predicted octanol–water partition coefficient (Wildman–Crippen LogP) is 4.83. The zero-order chi connectivity index (χ0) is 15.1. The van der Waals surface area contributed by atoms with Crippen LogP contribution in [-0.2, 0) is 6.42 Å². The zero-order valence-corrected chi connectivity index (χ0v) is 13.4. The maximum Gasteiger partial charge on any atom is 0.136 e. The lowest BCUT2D eigenvalue weighted by Crippen LogP contribution is -2.23. The van der Waals surface area contributed by atoms with E-state index >= 15 is 0 Å². The standard InChI is InChI=1S/C18H22FNS/c1-3-14-8-7-9-15(12-14)17(20-4-2)13-21-18-11-6-5-10-16(18)19/h5-12,17,20H,3-4,13H2,1-2H3. The molecule has 2 aromatic carbocycles. The molecule has 1 unspecified atom stereocenters. The molecular weight excluding hydrogens is 281 g/mol. The Morgan fingerprint density at radius 2 is 1.90 bits per heavy atom. The van der Waals surface area contributed by atoms with Crippen LogP contribution in [0.2, 0.25) is 0 Å². The van der Waals surface area contributed by atoms with Crippen LogP contribution in [-0.4, -0.2) is 12.3 Å². The van der Waals surface area contributed by atoms with Gasteiger partial charge in [0.25, 0.3) is 0 Å². The van der Waals surface area contributed by atoms with Crippen LogP contribution in [0.5, 0.6) is 0 Å². The van der Waals surface area contributed by atoms with Gasteiger partial charge in [0.1, 0.15) is 5.82 Å². The number of thioether (sulfide) groups is 1. The minimum Gasteiger partial charge on any atom is -0.309 e. The summed E-state index contributed by atoms with van der Waals surface area (Å²) in [4.78, 5) is 0.715. The van der Waals surface area contributed by atoms with Crippen molar-refractivity contribution in [2.45, 2.75) is 31.2 Å². The minimum absolute atomic E-state index is 0.139. The summed E-state index contributed by atoms with van der Waals surface area (Å²) >= 11 is 1.57. The Morgan fingerprint density at radius 3 is 2.62 bits per heavy atom. The van der Waals surface area contributed by atoms with Crippen LogP contribution in [0.1, 0.15) is 31.0 Å². The van der Waals surface area contributed by atoms with Crippen molar-refractivity contribution < 1.29 is 4.39 Å². The Morgan fingerprint density at radius 1 is 1.10 bits per heavy atom. The van der Waals surface area contributed by atoms with Crippen LogP contribution in [0.4, 0.5) is 4.39 Å². The SMILES string of the molecule is CCNC(CSc1ccccc1F)c1cccc(CC)c1. The maximum atomic E-state index is 13.7. The summed E-state index contributed by atoms with van der Waals surface area (Å²) in [7, 11) is 0. The van der Waals surface area contributed by atoms with Crippen molar-refractivity contribution in [2.75, 3.05) is 12.3 Å². The van der Waals surface area contributed by atoms with Crippen molar-refractivity contribution in [3.63, 3.8) is 0 Å². The van der Waals surface area contributed by atoms with Crippen LogP contribution < -0.4 is 5.32 Å². The molecule has 0 saturated carbocycles. The molecule has 21 heavy (non-hydrogen) atoms. The van der Waals surface area contributed by atoms with Gasteiger partial charge in [-0.2, -0.15) is 0 Å². The number of aryl methyl sites for hydroxylation is 1. The van der Waals surface area contributed by atoms with Crippen LogP contribution in [0, 0.1) is 5.82 Å². The first-order chi connectivity index (χ1) is 10.2. The summed E-state index contributed by atoms with van der Waals surface area (Å²) in [6.45, 7) is 5.17. The number of hydrogen-bond donors (Lipinski definition) is 1. The highest BCUT2D eigenvalue weighted by Gasteiger charge is 2.12. The molecule has 112 valence electrons. The van der Waals surface area contributed by atoms with Crippen LogP contribution in [0.3, 0.4) is 0 Å². The highest BCUT2D eigenvalue weighted by atomic mass is 32.2. The van der Waals surface area contributed by atoms with Gasteiger partial charge in [0.15, 0.2) is 0 Å². The third-order valence-electron chi connectivity index (χ3n) is 3.45. The molecule has 0 aliphatic heterocycles. The van der Waals surface area contributed by atoms with Gasteiger partial charge in [-0.25, -0.2) is 4.39 Å². The Hall–Kier alpha value is -1.32. The second kappa shape index (κ2) is 8.20. The number of hydrogen-bond acceptors (Lipinski definition) is 2. The van der Waals surface area contributed by atoms with E-state index in [9.17, 15) is 4.39 Å². The van der Waals surface area contributed by atoms with Crippen LogP contribution >= 0.6 is 11.8 Å². The first-order valence-corrected chi connectivity index (χ1v) is 8.42. The number of rotatable bonds is 7. The maximum absolute atomic E-state index is 13.7. The van der Waals surface area contributed by atoms with E-state index in [1.165, 1.54) is 17.2 Å². The van der Waals surface area contributed by atoms with Gasteiger partial charge in [-0.05, 0) is 36.2 Å². The summed E-state index contributed by atoms with van der Waals surface area (Å²) in [5.41, 5.74) is 2.62. The fourth-order valence-corrected chi connectivity index (χ4v) is 3.32. The lowest BCUT2D eigenvalue weighted by Gasteiger charge is -2.19. The van der Waals surface area contributed by atoms with Gasteiger partial charge >= 0.3 is 0 Å². The number of nitrogens with one attached hydrogen (secondary N) is 1. The first kappa shape index (κ1) is 16.1. The van der Waals surface area contributed by atoms with Crippen molar-refractivity contribution in [3.05, 3.63) is 65.5 Å². The predicted molar refractivity (Wildman–Crippen MR) is 89.4 cm³/mol. The molecule has 0 spiro atoms. The van der Waals surface area contributed by atoms with Gasteiger partial charge in [-0.3, -0.25) is 0 Å². The molecule has 1 atom stereocenters. The van der Waals surface area contributed by atoms with Gasteiger partial charge in [0.05, 0.1) is 0 Å². The molecular formula is C18H22FNS. The van der Waals surface area contributed by atoms with Gasteiger partial charge in [0, 0.05) is 16.7 Å². The lowest BCUT2D eigenvalue weighted by atomic mass is 10.0. The number of halogens is 1. The molecule has 3 heteroatoms. The van der Waals surface area contributed by atoms with Gasteiger partial charge in [-0.1, -0.05) is 50.2 Å². The molecule has 0 bridgehead atoms. The van der Waals surface area contributed by atoms with E-state index in [1.807, 2.05) is 12.1 Å². The molecule has 1 nitrogen and oxygen atoms in total. The Labute approximate surface area is 131 Å². The van der Waals surface area contributed by atoms with Gasteiger partial charge in [0.2, 0.25) is 0 Å². The van der Waals surface area contributed by atoms with E-state index in [-0.39, 0.29) is 11.9 Å². The molecule has 1 N–H and O–H groups in total. The van der Waals surface area contributed by atoms with Crippen LogP contribution in [0.15, 0.2) is 53.4 Å². The number of benzene rings is 2. The zero-order valence-electron chi connectivity index (χ0n) is 12.6. The average Bonchev–Trinajstić information content (AvgIpc) is 2.53. The van der Waals surface area contributed by atoms with Gasteiger partial charge in [-0.15, -0.1) is 11.8 Å². The molecule has 2 rings (SSSR count). The fraction of sp³-hybridized carbons (Fsp3) is 0.333. The molecule has 0 fully saturated rings. The second-order valence-electron chi connectivity index (χ2n) is 4.95. The molecule has 0 heterocycles. The third-order valence-corrected chi connectivity index (χ3v) is 4.60. The molecule has 0 aliphatic carbocycles. The smallest absolute Gasteiger partial charge is 0.136 e. The van der Waals surface area contributed by atoms with Crippen molar-refractivity contribution in [3.8, 4) is 0 Å². The topological polar surface area (TPSA) is 12.0 Å². The third kappa shape index (κ3) is 4.58. The van der Waals surface area contributed by atoms with E-state index in [4.69, 9.17) is 0 Å². The summed E-state index contributed by atoms with van der Waals surface area (Å²) in [6.07, 6.45) is 1.03. The largest absolute Gasteiger partial charge is 0.309 e. The Bertz CT molecular complexity index is 571. The summed E-state index contributed by atoms with van der Waals surface area (Å²) in [5.74, 6) is 0.683. The Balaban J connectivity index is 2.10. The summed E-state index contributed by atoms with van der Waals surface area (Å²) in [6, 6.07) is 15.9. The van der Waals surface area contributed by atoms with Crippen LogP contribution in [0.25, 0.3) is 0 Å². The minimum atomic E-state index is -0.139. The van der Waals surface area contributed by atoms with Crippen molar-refractivity contribution in [1.29, 1.82) is 0 Å². The van der Waals surface area contributed by atoms with E-state index in [0.717, 1.165) is 18.7 Å². The van der Waals surface area contributed by atoms with Crippen molar-refractivity contribution >= 4 is 11.8 Å². The summed E-state index contributed by atoms with van der Waals surface area (Å²) < 4.78 is 13.7. The quantitative estimate of drug-likeness (QED) is 0.735.